The van der Waals surface area contributed by atoms with E-state index in [1.54, 1.807) is 24.4 Å². The maximum atomic E-state index is 13.0. The molecule has 2 fully saturated rings. The van der Waals surface area contributed by atoms with Crippen LogP contribution in [-0.4, -0.2) is 52.7 Å². The van der Waals surface area contributed by atoms with Gasteiger partial charge in [-0.05, 0) is 36.8 Å². The Morgan fingerprint density at radius 3 is 2.58 bits per heavy atom. The van der Waals surface area contributed by atoms with E-state index in [9.17, 15) is 13.2 Å². The van der Waals surface area contributed by atoms with Gasteiger partial charge in [-0.15, -0.1) is 0 Å². The molecule has 1 aliphatic heterocycles. The van der Waals surface area contributed by atoms with Crippen molar-refractivity contribution < 1.29 is 18.3 Å². The van der Waals surface area contributed by atoms with E-state index in [-0.39, 0.29) is 19.5 Å². The maximum Gasteiger partial charge on any atom is 0.304 e. The molecule has 2 heterocycles. The number of aliphatic carboxylic acids is 1. The Hall–Kier alpha value is -1.51. The van der Waals surface area contributed by atoms with Gasteiger partial charge >= 0.3 is 5.97 Å². The van der Waals surface area contributed by atoms with E-state index in [4.69, 9.17) is 5.11 Å². The van der Waals surface area contributed by atoms with E-state index in [1.165, 1.54) is 15.0 Å². The van der Waals surface area contributed by atoms with Crippen LogP contribution in [0.4, 0.5) is 0 Å². The molecule has 1 aromatic rings. The lowest BCUT2D eigenvalue weighted by molar-refractivity contribution is -0.137. The molecule has 0 unspecified atom stereocenters. The zero-order valence-corrected chi connectivity index (χ0v) is 14.4. The SMILES string of the molecule is O=C(O)CCN(Cc1ccccn1)S(=O)(=O)N1C[C@H]2CCC[C@H]2C1. The summed E-state index contributed by atoms with van der Waals surface area (Å²) in [5, 5.41) is 8.94. The normalized spacial score (nSPS) is 24.4. The molecule has 8 heteroatoms. The van der Waals surface area contributed by atoms with Gasteiger partial charge < -0.3 is 5.11 Å². The molecule has 0 spiro atoms. The standard InChI is InChI=1S/C16H23N3O4S/c20-16(21)7-9-18(12-15-6-1-2-8-17-15)24(22,23)19-10-13-4-3-5-14(13)11-19/h1-2,6,8,13-14H,3-5,7,9-12H2,(H,20,21)/t13-,14+. The average molecular weight is 353 g/mol. The van der Waals surface area contributed by atoms with Gasteiger partial charge in [-0.3, -0.25) is 9.78 Å². The van der Waals surface area contributed by atoms with Crippen molar-refractivity contribution in [2.75, 3.05) is 19.6 Å². The summed E-state index contributed by atoms with van der Waals surface area (Å²) in [5.41, 5.74) is 0.617. The monoisotopic (exact) mass is 353 g/mol. The van der Waals surface area contributed by atoms with E-state index >= 15 is 0 Å². The van der Waals surface area contributed by atoms with Gasteiger partial charge in [-0.1, -0.05) is 12.5 Å². The number of nitrogens with zero attached hydrogens (tertiary/aromatic N) is 3. The van der Waals surface area contributed by atoms with Gasteiger partial charge in [0.05, 0.1) is 18.7 Å². The number of carboxylic acids is 1. The van der Waals surface area contributed by atoms with Crippen molar-refractivity contribution in [3.8, 4) is 0 Å². The second-order valence-corrected chi connectivity index (χ2v) is 8.50. The number of hydrogen-bond acceptors (Lipinski definition) is 4. The zero-order chi connectivity index (χ0) is 17.2. The van der Waals surface area contributed by atoms with E-state index in [0.29, 0.717) is 30.6 Å². The van der Waals surface area contributed by atoms with Gasteiger partial charge in [0.25, 0.3) is 10.2 Å². The first-order valence-corrected chi connectivity index (χ1v) is 9.73. The molecule has 7 nitrogen and oxygen atoms in total. The minimum absolute atomic E-state index is 0.0416. The second-order valence-electron chi connectivity index (χ2n) is 6.57. The van der Waals surface area contributed by atoms with E-state index in [1.807, 2.05) is 0 Å². The van der Waals surface area contributed by atoms with Crippen LogP contribution in [-0.2, 0) is 21.5 Å². The van der Waals surface area contributed by atoms with Crippen molar-refractivity contribution in [3.63, 3.8) is 0 Å². The molecule has 2 aliphatic rings. The van der Waals surface area contributed by atoms with E-state index in [0.717, 1.165) is 12.8 Å². The average Bonchev–Trinajstić information content (AvgIpc) is 3.14. The third kappa shape index (κ3) is 3.76. The van der Waals surface area contributed by atoms with Gasteiger partial charge in [0, 0.05) is 25.8 Å². The van der Waals surface area contributed by atoms with Gasteiger partial charge in [0.15, 0.2) is 0 Å². The Balaban J connectivity index is 1.76. The van der Waals surface area contributed by atoms with Crippen molar-refractivity contribution in [3.05, 3.63) is 30.1 Å². The molecule has 0 radical (unpaired) electrons. The summed E-state index contributed by atoms with van der Waals surface area (Å²) in [6.07, 6.45) is 4.75. The van der Waals surface area contributed by atoms with Crippen molar-refractivity contribution >= 4 is 16.2 Å². The quantitative estimate of drug-likeness (QED) is 0.799. The summed E-state index contributed by atoms with van der Waals surface area (Å²) < 4.78 is 28.8. The smallest absolute Gasteiger partial charge is 0.304 e. The van der Waals surface area contributed by atoms with E-state index in [2.05, 4.69) is 4.98 Å². The van der Waals surface area contributed by atoms with Gasteiger partial charge in [0.1, 0.15) is 0 Å². The van der Waals surface area contributed by atoms with Crippen LogP contribution < -0.4 is 0 Å². The fourth-order valence-electron chi connectivity index (χ4n) is 3.71. The topological polar surface area (TPSA) is 90.8 Å². The Morgan fingerprint density at radius 2 is 2.00 bits per heavy atom. The van der Waals surface area contributed by atoms with Crippen LogP contribution in [0.5, 0.6) is 0 Å². The molecule has 2 atom stereocenters. The highest BCUT2D eigenvalue weighted by Gasteiger charge is 2.43. The van der Waals surface area contributed by atoms with Gasteiger partial charge in [0.2, 0.25) is 0 Å². The fraction of sp³-hybridized carbons (Fsp3) is 0.625. The van der Waals surface area contributed by atoms with Crippen molar-refractivity contribution in [1.82, 2.24) is 13.6 Å². The summed E-state index contributed by atoms with van der Waals surface area (Å²) in [6.45, 7) is 1.17. The minimum atomic E-state index is -3.67. The number of carbonyl (C=O) groups is 1. The lowest BCUT2D eigenvalue weighted by Crippen LogP contribution is -2.43. The molecule has 1 aliphatic carbocycles. The molecule has 3 rings (SSSR count). The Kier molecular flexibility index (Phi) is 5.17. The summed E-state index contributed by atoms with van der Waals surface area (Å²) in [6, 6.07) is 5.31. The zero-order valence-electron chi connectivity index (χ0n) is 13.5. The number of pyridine rings is 1. The number of carboxylic acid groups (broad SMARTS) is 1. The molecule has 24 heavy (non-hydrogen) atoms. The van der Waals surface area contributed by atoms with Crippen LogP contribution >= 0.6 is 0 Å². The lowest BCUT2D eigenvalue weighted by atomic mass is 10.0. The summed E-state index contributed by atoms with van der Waals surface area (Å²) >= 11 is 0. The number of rotatable bonds is 7. The van der Waals surface area contributed by atoms with Crippen molar-refractivity contribution in [2.45, 2.75) is 32.2 Å². The third-order valence-corrected chi connectivity index (χ3v) is 6.90. The largest absolute Gasteiger partial charge is 0.481 e. The fourth-order valence-corrected chi connectivity index (χ4v) is 5.42. The van der Waals surface area contributed by atoms with Crippen LogP contribution in [0.1, 0.15) is 31.4 Å². The second kappa shape index (κ2) is 7.16. The molecule has 1 saturated carbocycles. The highest BCUT2D eigenvalue weighted by molar-refractivity contribution is 7.86. The molecule has 0 aromatic carbocycles. The predicted molar refractivity (Wildman–Crippen MR) is 88.2 cm³/mol. The summed E-state index contributed by atoms with van der Waals surface area (Å²) in [7, 11) is -3.67. The van der Waals surface area contributed by atoms with Gasteiger partial charge in [-0.25, -0.2) is 0 Å². The Labute approximate surface area is 142 Å². The molecule has 1 N–H and O–H groups in total. The van der Waals surface area contributed by atoms with Crippen LogP contribution in [0, 0.1) is 11.8 Å². The molecule has 0 bridgehead atoms. The first-order chi connectivity index (χ1) is 11.5. The maximum absolute atomic E-state index is 13.0. The highest BCUT2D eigenvalue weighted by Crippen LogP contribution is 2.39. The highest BCUT2D eigenvalue weighted by atomic mass is 32.2. The number of hydrogen-bond donors (Lipinski definition) is 1. The summed E-state index contributed by atoms with van der Waals surface area (Å²) in [5.74, 6) is -0.0959. The Morgan fingerprint density at radius 1 is 1.29 bits per heavy atom. The van der Waals surface area contributed by atoms with Crippen LogP contribution in [0.3, 0.4) is 0 Å². The number of aromatic nitrogens is 1. The molecule has 1 aromatic heterocycles. The molecular weight excluding hydrogens is 330 g/mol. The third-order valence-electron chi connectivity index (χ3n) is 4.98. The predicted octanol–water partition coefficient (Wildman–Crippen LogP) is 1.33. The molecule has 132 valence electrons. The minimum Gasteiger partial charge on any atom is -0.481 e. The first kappa shape index (κ1) is 17.3. The molecule has 0 amide bonds. The first-order valence-electron chi connectivity index (χ1n) is 8.34. The van der Waals surface area contributed by atoms with Crippen LogP contribution in [0.15, 0.2) is 24.4 Å². The summed E-state index contributed by atoms with van der Waals surface area (Å²) in [4.78, 5) is 15.1. The van der Waals surface area contributed by atoms with Crippen molar-refractivity contribution in [2.24, 2.45) is 11.8 Å². The number of fused-ring (bicyclic) bond motifs is 1. The molecular formula is C16H23N3O4S. The lowest BCUT2D eigenvalue weighted by Gasteiger charge is -2.27. The molecule has 1 saturated heterocycles. The Bertz CT molecular complexity index is 668. The van der Waals surface area contributed by atoms with Gasteiger partial charge in [-0.2, -0.15) is 17.0 Å². The van der Waals surface area contributed by atoms with Crippen molar-refractivity contribution in [1.29, 1.82) is 0 Å². The van der Waals surface area contributed by atoms with Crippen LogP contribution in [0.2, 0.25) is 0 Å². The van der Waals surface area contributed by atoms with Crippen LogP contribution in [0.25, 0.3) is 0 Å². The van der Waals surface area contributed by atoms with E-state index < -0.39 is 16.2 Å².